The second-order valence-electron chi connectivity index (χ2n) is 11.0. The Balaban J connectivity index is 1.61. The van der Waals surface area contributed by atoms with Gasteiger partial charge in [0.05, 0.1) is 10.9 Å². The van der Waals surface area contributed by atoms with Crippen LogP contribution in [0.5, 0.6) is 0 Å². The number of benzene rings is 2. The summed E-state index contributed by atoms with van der Waals surface area (Å²) in [6, 6.07) is 15.2. The van der Waals surface area contributed by atoms with Gasteiger partial charge in [0.2, 0.25) is 5.91 Å². The molecule has 0 bridgehead atoms. The average molecular weight is 577 g/mol. The lowest BCUT2D eigenvalue weighted by molar-refractivity contribution is -0.135. The number of halogens is 1. The highest BCUT2D eigenvalue weighted by Gasteiger charge is 2.45. The molecule has 0 spiro atoms. The molecule has 0 radical (unpaired) electrons. The smallest absolute Gasteiger partial charge is 0.416 e. The molecule has 0 unspecified atom stereocenters. The third-order valence-electron chi connectivity index (χ3n) is 6.91. The molecule has 0 aromatic heterocycles. The Bertz CT molecular complexity index is 1330. The van der Waals surface area contributed by atoms with Crippen LogP contribution in [0.3, 0.4) is 0 Å². The zero-order valence-corrected chi connectivity index (χ0v) is 23.8. The van der Waals surface area contributed by atoms with E-state index in [1.165, 1.54) is 17.0 Å². The maximum absolute atomic E-state index is 14.1. The van der Waals surface area contributed by atoms with Crippen molar-refractivity contribution < 1.29 is 32.3 Å². The molecule has 3 amide bonds. The van der Waals surface area contributed by atoms with E-state index in [1.54, 1.807) is 37.8 Å². The van der Waals surface area contributed by atoms with Crippen molar-refractivity contribution >= 4 is 37.8 Å². The number of carbonyl (C=O) groups is 3. The van der Waals surface area contributed by atoms with Crippen molar-refractivity contribution in [1.29, 1.82) is 0 Å². The molecule has 11 heteroatoms. The molecule has 2 aromatic carbocycles. The van der Waals surface area contributed by atoms with Gasteiger partial charge in [-0.25, -0.2) is 22.9 Å². The van der Waals surface area contributed by atoms with Crippen LogP contribution in [0.15, 0.2) is 59.5 Å². The first kappa shape index (κ1) is 28.9. The lowest BCUT2D eigenvalue weighted by Gasteiger charge is -2.29. The Kier molecular flexibility index (Phi) is 8.56. The minimum Gasteiger partial charge on any atom is -0.447 e. The van der Waals surface area contributed by atoms with E-state index < -0.39 is 44.7 Å². The van der Waals surface area contributed by atoms with E-state index in [4.69, 9.17) is 20.2 Å². The first-order valence-corrected chi connectivity index (χ1v) is 15.2. The Morgan fingerprint density at radius 3 is 2.46 bits per heavy atom. The molecule has 2 saturated heterocycles. The van der Waals surface area contributed by atoms with Gasteiger partial charge in [0, 0.05) is 29.7 Å². The highest BCUT2D eigenvalue weighted by atomic mass is 35.7. The number of amides is 3. The van der Waals surface area contributed by atoms with E-state index in [0.717, 1.165) is 5.56 Å². The number of cyclic esters (lactones) is 1. The summed E-state index contributed by atoms with van der Waals surface area (Å²) in [5.41, 5.74) is 0.882. The predicted molar refractivity (Wildman–Crippen MR) is 145 cm³/mol. The summed E-state index contributed by atoms with van der Waals surface area (Å²) < 4.78 is 34.7. The molecule has 0 aliphatic carbocycles. The van der Waals surface area contributed by atoms with E-state index in [0.29, 0.717) is 24.9 Å². The number of hydrogen-bond donors (Lipinski definition) is 0. The SMILES string of the molecule is CC(C)(C)OC(=O)N1CC[C@H]([C@H](Cc2cccc(S(=O)(=O)Cl)c2)C(=O)N2C(=O)OC[C@@H]2Cc2ccccc2)C1. The highest BCUT2D eigenvalue weighted by molar-refractivity contribution is 8.13. The number of rotatable bonds is 7. The quantitative estimate of drug-likeness (QED) is 0.442. The molecule has 4 rings (SSSR count). The molecule has 2 aromatic rings. The van der Waals surface area contributed by atoms with Crippen molar-refractivity contribution in [3.05, 3.63) is 65.7 Å². The van der Waals surface area contributed by atoms with Gasteiger partial charge in [-0.15, -0.1) is 0 Å². The molecule has 2 heterocycles. The standard InChI is InChI=1S/C28H33ClN2O7S/c1-28(2,3)38-26(33)30-13-12-21(17-30)24(16-20-10-7-11-23(15-20)39(29,35)36)25(32)31-22(18-37-27(31)34)14-19-8-5-4-6-9-19/h4-11,15,21-22,24H,12-14,16-18H2,1-3H3/t21-,22-,24-/m0/s1. The fourth-order valence-corrected chi connectivity index (χ4v) is 5.91. The van der Waals surface area contributed by atoms with Crippen molar-refractivity contribution in [1.82, 2.24) is 9.80 Å². The van der Waals surface area contributed by atoms with Crippen molar-refractivity contribution in [3.63, 3.8) is 0 Å². The molecule has 0 saturated carbocycles. The van der Waals surface area contributed by atoms with Crippen LogP contribution in [-0.2, 0) is 36.2 Å². The number of likely N-dealkylation sites (tertiary alicyclic amines) is 1. The van der Waals surface area contributed by atoms with Gasteiger partial charge in [-0.2, -0.15) is 0 Å². The molecule has 2 fully saturated rings. The molecular weight excluding hydrogens is 544 g/mol. The largest absolute Gasteiger partial charge is 0.447 e. The van der Waals surface area contributed by atoms with Crippen molar-refractivity contribution in [2.75, 3.05) is 19.7 Å². The molecule has 39 heavy (non-hydrogen) atoms. The summed E-state index contributed by atoms with van der Waals surface area (Å²) in [6.45, 7) is 6.11. The number of nitrogens with zero attached hydrogens (tertiary/aromatic N) is 2. The number of imide groups is 1. The summed E-state index contributed by atoms with van der Waals surface area (Å²) in [7, 11) is 1.59. The molecule has 2 aliphatic heterocycles. The number of carbonyl (C=O) groups excluding carboxylic acids is 3. The van der Waals surface area contributed by atoms with Crippen LogP contribution >= 0.6 is 10.7 Å². The first-order valence-electron chi connectivity index (χ1n) is 12.9. The normalized spacial score (nSPS) is 20.6. The maximum atomic E-state index is 14.1. The van der Waals surface area contributed by atoms with Crippen LogP contribution in [0.2, 0.25) is 0 Å². The van der Waals surface area contributed by atoms with Gasteiger partial charge in [0.15, 0.2) is 0 Å². The van der Waals surface area contributed by atoms with E-state index in [-0.39, 0.29) is 30.4 Å². The first-order chi connectivity index (χ1) is 18.3. The van der Waals surface area contributed by atoms with E-state index >= 15 is 0 Å². The maximum Gasteiger partial charge on any atom is 0.416 e. The molecule has 3 atom stereocenters. The summed E-state index contributed by atoms with van der Waals surface area (Å²) in [6.07, 6.45) is -0.0398. The molecular formula is C28H33ClN2O7S. The van der Waals surface area contributed by atoms with Gasteiger partial charge in [0.25, 0.3) is 9.05 Å². The lowest BCUT2D eigenvalue weighted by atomic mass is 9.84. The molecule has 0 N–H and O–H groups in total. The molecule has 210 valence electrons. The van der Waals surface area contributed by atoms with Gasteiger partial charge in [0.1, 0.15) is 12.2 Å². The minimum atomic E-state index is -3.97. The average Bonchev–Trinajstić information content (AvgIpc) is 3.49. The van der Waals surface area contributed by atoms with Crippen LogP contribution < -0.4 is 0 Å². The van der Waals surface area contributed by atoms with E-state index in [2.05, 4.69) is 0 Å². The second-order valence-corrected chi connectivity index (χ2v) is 13.6. The van der Waals surface area contributed by atoms with Gasteiger partial charge in [-0.05, 0) is 69.2 Å². The second kappa shape index (κ2) is 11.6. The Hall–Kier alpha value is -3.11. The van der Waals surface area contributed by atoms with Crippen molar-refractivity contribution in [3.8, 4) is 0 Å². The van der Waals surface area contributed by atoms with Gasteiger partial charge < -0.3 is 14.4 Å². The fraction of sp³-hybridized carbons (Fsp3) is 0.464. The van der Waals surface area contributed by atoms with Crippen molar-refractivity contribution in [2.45, 2.75) is 56.6 Å². The van der Waals surface area contributed by atoms with Crippen LogP contribution in [0.4, 0.5) is 9.59 Å². The topological polar surface area (TPSA) is 110 Å². The number of hydrogen-bond acceptors (Lipinski definition) is 7. The van der Waals surface area contributed by atoms with Gasteiger partial charge >= 0.3 is 12.2 Å². The minimum absolute atomic E-state index is 0.0720. The third kappa shape index (κ3) is 7.30. The van der Waals surface area contributed by atoms with Crippen molar-refractivity contribution in [2.24, 2.45) is 11.8 Å². The summed E-state index contributed by atoms with van der Waals surface area (Å²) >= 11 is 0. The highest BCUT2D eigenvalue weighted by Crippen LogP contribution is 2.32. The summed E-state index contributed by atoms with van der Waals surface area (Å²) in [5, 5.41) is 0. The van der Waals surface area contributed by atoms with Gasteiger partial charge in [-0.1, -0.05) is 42.5 Å². The Morgan fingerprint density at radius 2 is 1.79 bits per heavy atom. The summed E-state index contributed by atoms with van der Waals surface area (Å²) in [4.78, 5) is 42.3. The van der Waals surface area contributed by atoms with E-state index in [1.807, 2.05) is 30.3 Å². The third-order valence-corrected chi connectivity index (χ3v) is 8.26. The molecule has 2 aliphatic rings. The monoisotopic (exact) mass is 576 g/mol. The summed E-state index contributed by atoms with van der Waals surface area (Å²) in [5.74, 6) is -1.41. The zero-order valence-electron chi connectivity index (χ0n) is 22.2. The Labute approximate surface area is 233 Å². The van der Waals surface area contributed by atoms with Crippen LogP contribution in [0.25, 0.3) is 0 Å². The predicted octanol–water partition coefficient (Wildman–Crippen LogP) is 4.62. The van der Waals surface area contributed by atoms with E-state index in [9.17, 15) is 22.8 Å². The number of ether oxygens (including phenoxy) is 2. The van der Waals surface area contributed by atoms with Gasteiger partial charge in [-0.3, -0.25) is 4.79 Å². The lowest BCUT2D eigenvalue weighted by Crippen LogP contribution is -2.46. The Morgan fingerprint density at radius 1 is 1.10 bits per heavy atom. The zero-order chi connectivity index (χ0) is 28.4. The van der Waals surface area contributed by atoms with Crippen LogP contribution in [0, 0.1) is 11.8 Å². The van der Waals surface area contributed by atoms with Crippen LogP contribution in [0.1, 0.15) is 38.3 Å². The fourth-order valence-electron chi connectivity index (χ4n) is 5.09. The van der Waals surface area contributed by atoms with Crippen LogP contribution in [-0.4, -0.2) is 67.7 Å². The molecule has 9 nitrogen and oxygen atoms in total.